The van der Waals surface area contributed by atoms with Crippen LogP contribution < -0.4 is 5.32 Å². The first kappa shape index (κ1) is 15.5. The molecule has 0 bridgehead atoms. The van der Waals surface area contributed by atoms with E-state index in [2.05, 4.69) is 5.32 Å². The van der Waals surface area contributed by atoms with Crippen LogP contribution in [0, 0.1) is 0 Å². The zero-order valence-corrected chi connectivity index (χ0v) is 13.3. The van der Waals surface area contributed by atoms with Crippen LogP contribution in [0.1, 0.15) is 13.8 Å². The number of hydrogen-bond acceptors (Lipinski definition) is 3. The summed E-state index contributed by atoms with van der Waals surface area (Å²) >= 11 is 0. The van der Waals surface area contributed by atoms with E-state index in [4.69, 9.17) is 4.74 Å². The number of carbonyl (C=O) groups excluding carboxylic acids is 2. The Kier molecular flexibility index (Phi) is 4.30. The fourth-order valence-corrected chi connectivity index (χ4v) is 2.94. The first-order valence-corrected chi connectivity index (χ1v) is 7.77. The summed E-state index contributed by atoms with van der Waals surface area (Å²) in [5, 5.41) is 4.80. The van der Waals surface area contributed by atoms with E-state index in [0.29, 0.717) is 18.8 Å². The molecule has 5 heteroatoms. The molecule has 120 valence electrons. The summed E-state index contributed by atoms with van der Waals surface area (Å²) in [5.41, 5.74) is 0.622. The number of ether oxygens (including phenoxy) is 1. The Morgan fingerprint density at radius 2 is 1.70 bits per heavy atom. The number of rotatable bonds is 1. The van der Waals surface area contributed by atoms with Crippen molar-refractivity contribution in [3.63, 3.8) is 0 Å². The molecule has 0 aliphatic carbocycles. The van der Waals surface area contributed by atoms with Crippen LogP contribution in [0.5, 0.6) is 0 Å². The predicted octanol–water partition coefficient (Wildman–Crippen LogP) is 2.41. The number of hydrogen-bond donors (Lipinski definition) is 1. The van der Waals surface area contributed by atoms with Gasteiger partial charge in [0.05, 0.1) is 12.2 Å². The molecule has 2 atom stereocenters. The molecule has 0 saturated carbocycles. The van der Waals surface area contributed by atoms with Crippen LogP contribution >= 0.6 is 0 Å². The maximum Gasteiger partial charge on any atom is 0.313 e. The molecule has 23 heavy (non-hydrogen) atoms. The Bertz CT molecular complexity index is 734. The van der Waals surface area contributed by atoms with Crippen molar-refractivity contribution in [1.29, 1.82) is 0 Å². The van der Waals surface area contributed by atoms with Crippen molar-refractivity contribution >= 4 is 28.3 Å². The second kappa shape index (κ2) is 6.38. The molecular weight excluding hydrogens is 292 g/mol. The highest BCUT2D eigenvalue weighted by molar-refractivity contribution is 6.39. The number of morpholine rings is 1. The molecule has 1 fully saturated rings. The van der Waals surface area contributed by atoms with Gasteiger partial charge in [-0.1, -0.05) is 30.3 Å². The average Bonchev–Trinajstić information content (AvgIpc) is 2.53. The van der Waals surface area contributed by atoms with E-state index in [0.717, 1.165) is 10.8 Å². The van der Waals surface area contributed by atoms with Gasteiger partial charge in [-0.05, 0) is 36.8 Å². The van der Waals surface area contributed by atoms with Gasteiger partial charge in [0.1, 0.15) is 0 Å². The van der Waals surface area contributed by atoms with Gasteiger partial charge in [0.2, 0.25) is 0 Å². The smallest absolute Gasteiger partial charge is 0.313 e. The molecule has 1 heterocycles. The van der Waals surface area contributed by atoms with Crippen molar-refractivity contribution < 1.29 is 14.3 Å². The van der Waals surface area contributed by atoms with E-state index in [9.17, 15) is 9.59 Å². The summed E-state index contributed by atoms with van der Waals surface area (Å²) < 4.78 is 5.59. The Hall–Kier alpha value is -2.40. The van der Waals surface area contributed by atoms with Gasteiger partial charge in [-0.25, -0.2) is 0 Å². The lowest BCUT2D eigenvalue weighted by molar-refractivity contribution is -0.151. The molecule has 0 spiro atoms. The van der Waals surface area contributed by atoms with Crippen molar-refractivity contribution in [2.75, 3.05) is 18.4 Å². The van der Waals surface area contributed by atoms with Gasteiger partial charge in [-0.2, -0.15) is 0 Å². The zero-order chi connectivity index (χ0) is 16.4. The van der Waals surface area contributed by atoms with Crippen molar-refractivity contribution in [3.8, 4) is 0 Å². The Morgan fingerprint density at radius 1 is 1.04 bits per heavy atom. The van der Waals surface area contributed by atoms with Crippen LogP contribution in [0.15, 0.2) is 42.5 Å². The molecular formula is C18H20N2O3. The first-order valence-electron chi connectivity index (χ1n) is 7.77. The second-order valence-corrected chi connectivity index (χ2v) is 5.98. The summed E-state index contributed by atoms with van der Waals surface area (Å²) in [7, 11) is 0. The Balaban J connectivity index is 1.71. The minimum atomic E-state index is -0.610. The number of fused-ring (bicyclic) bond motifs is 1. The van der Waals surface area contributed by atoms with E-state index in [1.165, 1.54) is 0 Å². The predicted molar refractivity (Wildman–Crippen MR) is 89.2 cm³/mol. The van der Waals surface area contributed by atoms with Gasteiger partial charge in [-0.3, -0.25) is 9.59 Å². The highest BCUT2D eigenvalue weighted by Gasteiger charge is 2.29. The van der Waals surface area contributed by atoms with Gasteiger partial charge in [-0.15, -0.1) is 0 Å². The van der Waals surface area contributed by atoms with Crippen molar-refractivity contribution in [3.05, 3.63) is 42.5 Å². The SMILES string of the molecule is CC1CN(C(=O)C(=O)Nc2ccc3ccccc3c2)CC(C)O1. The molecule has 1 saturated heterocycles. The minimum Gasteiger partial charge on any atom is -0.372 e. The molecule has 5 nitrogen and oxygen atoms in total. The van der Waals surface area contributed by atoms with Crippen LogP contribution in [0.3, 0.4) is 0 Å². The van der Waals surface area contributed by atoms with Crippen molar-refractivity contribution in [2.45, 2.75) is 26.1 Å². The standard InChI is InChI=1S/C18H20N2O3/c1-12-10-20(11-13(2)23-12)18(22)17(21)19-16-8-7-14-5-3-4-6-15(14)9-16/h3-9,12-13H,10-11H2,1-2H3,(H,19,21). The van der Waals surface area contributed by atoms with E-state index in [1.54, 1.807) is 11.0 Å². The molecule has 2 amide bonds. The van der Waals surface area contributed by atoms with Gasteiger partial charge >= 0.3 is 11.8 Å². The Labute approximate surface area is 135 Å². The second-order valence-electron chi connectivity index (χ2n) is 5.98. The zero-order valence-electron chi connectivity index (χ0n) is 13.3. The topological polar surface area (TPSA) is 58.6 Å². The summed E-state index contributed by atoms with van der Waals surface area (Å²) in [5.74, 6) is -1.12. The van der Waals surface area contributed by atoms with Gasteiger partial charge in [0.15, 0.2) is 0 Å². The third-order valence-electron chi connectivity index (χ3n) is 3.91. The largest absolute Gasteiger partial charge is 0.372 e. The maximum atomic E-state index is 12.3. The van der Waals surface area contributed by atoms with Crippen LogP contribution in [-0.4, -0.2) is 42.0 Å². The van der Waals surface area contributed by atoms with E-state index >= 15 is 0 Å². The molecule has 1 N–H and O–H groups in total. The summed E-state index contributed by atoms with van der Waals surface area (Å²) in [6, 6.07) is 13.5. The lowest BCUT2D eigenvalue weighted by Gasteiger charge is -2.34. The molecule has 0 radical (unpaired) electrons. The lowest BCUT2D eigenvalue weighted by atomic mass is 10.1. The molecule has 3 rings (SSSR count). The molecule has 2 aromatic carbocycles. The lowest BCUT2D eigenvalue weighted by Crippen LogP contribution is -2.51. The number of anilines is 1. The molecule has 2 unspecified atom stereocenters. The average molecular weight is 312 g/mol. The fraction of sp³-hybridized carbons (Fsp3) is 0.333. The number of nitrogens with zero attached hydrogens (tertiary/aromatic N) is 1. The van der Waals surface area contributed by atoms with Gasteiger partial charge in [0.25, 0.3) is 0 Å². The molecule has 0 aromatic heterocycles. The normalized spacial score (nSPS) is 21.2. The third kappa shape index (κ3) is 3.51. The van der Waals surface area contributed by atoms with Gasteiger partial charge in [0, 0.05) is 18.8 Å². The quantitative estimate of drug-likeness (QED) is 0.823. The number of carbonyl (C=O) groups is 2. The highest BCUT2D eigenvalue weighted by atomic mass is 16.5. The Morgan fingerprint density at radius 3 is 2.39 bits per heavy atom. The molecule has 1 aliphatic heterocycles. The number of nitrogens with one attached hydrogen (secondary N) is 1. The summed E-state index contributed by atoms with van der Waals surface area (Å²) in [4.78, 5) is 26.1. The summed E-state index contributed by atoms with van der Waals surface area (Å²) in [6.07, 6.45) is -0.118. The van der Waals surface area contributed by atoms with Crippen molar-refractivity contribution in [1.82, 2.24) is 4.90 Å². The van der Waals surface area contributed by atoms with E-state index < -0.39 is 11.8 Å². The maximum absolute atomic E-state index is 12.3. The summed E-state index contributed by atoms with van der Waals surface area (Å²) in [6.45, 7) is 4.68. The molecule has 1 aliphatic rings. The minimum absolute atomic E-state index is 0.0591. The van der Waals surface area contributed by atoms with Crippen LogP contribution in [-0.2, 0) is 14.3 Å². The third-order valence-corrected chi connectivity index (χ3v) is 3.91. The van der Waals surface area contributed by atoms with Gasteiger partial charge < -0.3 is 15.0 Å². The monoisotopic (exact) mass is 312 g/mol. The first-order chi connectivity index (χ1) is 11.0. The number of amides is 2. The van der Waals surface area contributed by atoms with E-state index in [-0.39, 0.29) is 12.2 Å². The highest BCUT2D eigenvalue weighted by Crippen LogP contribution is 2.19. The molecule has 2 aromatic rings. The number of benzene rings is 2. The van der Waals surface area contributed by atoms with Crippen LogP contribution in [0.4, 0.5) is 5.69 Å². The van der Waals surface area contributed by atoms with E-state index in [1.807, 2.05) is 50.2 Å². The van der Waals surface area contributed by atoms with Crippen LogP contribution in [0.25, 0.3) is 10.8 Å². The van der Waals surface area contributed by atoms with Crippen LogP contribution in [0.2, 0.25) is 0 Å². The van der Waals surface area contributed by atoms with Crippen molar-refractivity contribution in [2.24, 2.45) is 0 Å². The fourth-order valence-electron chi connectivity index (χ4n) is 2.94.